The van der Waals surface area contributed by atoms with Gasteiger partial charge in [0, 0.05) is 11.9 Å². The van der Waals surface area contributed by atoms with Crippen molar-refractivity contribution in [2.75, 3.05) is 11.4 Å². The van der Waals surface area contributed by atoms with Crippen molar-refractivity contribution in [3.63, 3.8) is 0 Å². The molecular formula is C12H18N2O2S. The molecule has 94 valence electrons. The summed E-state index contributed by atoms with van der Waals surface area (Å²) in [7, 11) is 0. The predicted octanol–water partition coefficient (Wildman–Crippen LogP) is 2.39. The van der Waals surface area contributed by atoms with Gasteiger partial charge in [-0.2, -0.15) is 0 Å². The second kappa shape index (κ2) is 5.04. The Morgan fingerprint density at radius 3 is 3.06 bits per heavy atom. The van der Waals surface area contributed by atoms with Crippen molar-refractivity contribution in [1.82, 2.24) is 4.98 Å². The van der Waals surface area contributed by atoms with E-state index in [4.69, 9.17) is 0 Å². The van der Waals surface area contributed by atoms with Crippen molar-refractivity contribution in [2.24, 2.45) is 5.92 Å². The Labute approximate surface area is 105 Å². The van der Waals surface area contributed by atoms with Gasteiger partial charge in [0.1, 0.15) is 6.04 Å². The molecule has 0 aromatic carbocycles. The van der Waals surface area contributed by atoms with E-state index in [1.807, 2.05) is 10.3 Å². The van der Waals surface area contributed by atoms with E-state index in [2.05, 4.69) is 18.8 Å². The van der Waals surface area contributed by atoms with Crippen LogP contribution in [0.5, 0.6) is 0 Å². The Bertz CT molecular complexity index is 405. The lowest BCUT2D eigenvalue weighted by atomic mass is 9.93. The van der Waals surface area contributed by atoms with Crippen molar-refractivity contribution in [3.8, 4) is 0 Å². The van der Waals surface area contributed by atoms with Crippen LogP contribution in [0, 0.1) is 5.92 Å². The Kier molecular flexibility index (Phi) is 3.66. The van der Waals surface area contributed by atoms with E-state index in [1.54, 1.807) is 11.3 Å². The molecule has 0 radical (unpaired) electrons. The second-order valence-electron chi connectivity index (χ2n) is 4.65. The van der Waals surface area contributed by atoms with Gasteiger partial charge in [-0.05, 0) is 25.2 Å². The normalized spacial score (nSPS) is 24.9. The quantitative estimate of drug-likeness (QED) is 0.900. The fourth-order valence-corrected chi connectivity index (χ4v) is 3.18. The average Bonchev–Trinajstić information content (AvgIpc) is 2.77. The first-order valence-corrected chi connectivity index (χ1v) is 6.93. The smallest absolute Gasteiger partial charge is 0.326 e. The van der Waals surface area contributed by atoms with Crippen molar-refractivity contribution in [3.05, 3.63) is 11.1 Å². The zero-order valence-electron chi connectivity index (χ0n) is 10.2. The third-order valence-corrected chi connectivity index (χ3v) is 4.22. The number of carbonyl (C=O) groups is 1. The standard InChI is InChI=1S/C12H18N2O2S/c1-3-9-7-17-12(13-9)14-5-4-8(2)6-10(14)11(15)16/h7-8,10H,3-6H2,1-2H3,(H,15,16). The number of piperidine rings is 1. The number of thiazole rings is 1. The first kappa shape index (κ1) is 12.4. The molecule has 17 heavy (non-hydrogen) atoms. The summed E-state index contributed by atoms with van der Waals surface area (Å²) in [6, 6.07) is -0.408. The monoisotopic (exact) mass is 254 g/mol. The molecule has 2 unspecified atom stereocenters. The van der Waals surface area contributed by atoms with E-state index in [0.29, 0.717) is 5.92 Å². The molecule has 0 amide bonds. The van der Waals surface area contributed by atoms with Gasteiger partial charge in [0.05, 0.1) is 5.69 Å². The van der Waals surface area contributed by atoms with Gasteiger partial charge in [-0.1, -0.05) is 13.8 Å². The molecule has 1 saturated heterocycles. The summed E-state index contributed by atoms with van der Waals surface area (Å²) in [5, 5.41) is 12.2. The second-order valence-corrected chi connectivity index (χ2v) is 5.49. The molecule has 1 N–H and O–H groups in total. The minimum absolute atomic E-state index is 0.408. The number of rotatable bonds is 3. The van der Waals surface area contributed by atoms with Gasteiger partial charge in [-0.3, -0.25) is 0 Å². The molecule has 0 saturated carbocycles. The molecule has 0 bridgehead atoms. The number of carboxylic acids is 1. The molecule has 2 rings (SSSR count). The van der Waals surface area contributed by atoms with E-state index >= 15 is 0 Å². The molecule has 4 nitrogen and oxygen atoms in total. The highest BCUT2D eigenvalue weighted by Crippen LogP contribution is 2.30. The van der Waals surface area contributed by atoms with Gasteiger partial charge in [0.2, 0.25) is 0 Å². The van der Waals surface area contributed by atoms with Crippen LogP contribution in [-0.2, 0) is 11.2 Å². The number of aliphatic carboxylic acids is 1. The lowest BCUT2D eigenvalue weighted by molar-refractivity contribution is -0.139. The highest BCUT2D eigenvalue weighted by molar-refractivity contribution is 7.13. The van der Waals surface area contributed by atoms with E-state index in [9.17, 15) is 9.90 Å². The summed E-state index contributed by atoms with van der Waals surface area (Å²) >= 11 is 1.55. The summed E-state index contributed by atoms with van der Waals surface area (Å²) in [4.78, 5) is 17.7. The molecule has 1 aromatic heterocycles. The van der Waals surface area contributed by atoms with Crippen LogP contribution in [0.1, 0.15) is 32.4 Å². The van der Waals surface area contributed by atoms with Crippen LogP contribution in [0.25, 0.3) is 0 Å². The number of hydrogen-bond donors (Lipinski definition) is 1. The number of hydrogen-bond acceptors (Lipinski definition) is 4. The third kappa shape index (κ3) is 2.60. The van der Waals surface area contributed by atoms with Crippen molar-refractivity contribution in [2.45, 2.75) is 39.2 Å². The number of aromatic nitrogens is 1. The molecule has 5 heteroatoms. The van der Waals surface area contributed by atoms with Crippen LogP contribution in [0.2, 0.25) is 0 Å². The van der Waals surface area contributed by atoms with Gasteiger partial charge in [0.15, 0.2) is 5.13 Å². The summed E-state index contributed by atoms with van der Waals surface area (Å²) < 4.78 is 0. The molecule has 1 aliphatic heterocycles. The number of nitrogens with zero attached hydrogens (tertiary/aromatic N) is 2. The zero-order chi connectivity index (χ0) is 12.4. The fourth-order valence-electron chi connectivity index (χ4n) is 2.20. The average molecular weight is 254 g/mol. The summed E-state index contributed by atoms with van der Waals surface area (Å²) in [5.74, 6) is -0.247. The summed E-state index contributed by atoms with van der Waals surface area (Å²) in [6.45, 7) is 4.98. The largest absolute Gasteiger partial charge is 0.480 e. The highest BCUT2D eigenvalue weighted by Gasteiger charge is 2.33. The molecule has 2 heterocycles. The lowest BCUT2D eigenvalue weighted by Gasteiger charge is -2.35. The predicted molar refractivity (Wildman–Crippen MR) is 68.7 cm³/mol. The van der Waals surface area contributed by atoms with Crippen LogP contribution in [0.3, 0.4) is 0 Å². The van der Waals surface area contributed by atoms with E-state index in [1.165, 1.54) is 0 Å². The Morgan fingerprint density at radius 2 is 2.47 bits per heavy atom. The minimum atomic E-state index is -0.732. The molecule has 1 aromatic rings. The van der Waals surface area contributed by atoms with E-state index in [0.717, 1.165) is 36.6 Å². The number of carboxylic acid groups (broad SMARTS) is 1. The molecule has 1 fully saturated rings. The van der Waals surface area contributed by atoms with Gasteiger partial charge < -0.3 is 10.0 Å². The zero-order valence-corrected chi connectivity index (χ0v) is 11.0. The van der Waals surface area contributed by atoms with Crippen LogP contribution in [-0.4, -0.2) is 28.6 Å². The molecular weight excluding hydrogens is 236 g/mol. The molecule has 2 atom stereocenters. The van der Waals surface area contributed by atoms with Crippen LogP contribution in [0.4, 0.5) is 5.13 Å². The van der Waals surface area contributed by atoms with Gasteiger partial charge in [0.25, 0.3) is 0 Å². The summed E-state index contributed by atoms with van der Waals surface area (Å²) in [6.07, 6.45) is 2.67. The van der Waals surface area contributed by atoms with E-state index < -0.39 is 12.0 Å². The third-order valence-electron chi connectivity index (χ3n) is 3.30. The van der Waals surface area contributed by atoms with Crippen LogP contribution in [0.15, 0.2) is 5.38 Å². The Hall–Kier alpha value is -1.10. The van der Waals surface area contributed by atoms with Crippen molar-refractivity contribution in [1.29, 1.82) is 0 Å². The van der Waals surface area contributed by atoms with E-state index in [-0.39, 0.29) is 0 Å². The van der Waals surface area contributed by atoms with Crippen LogP contribution >= 0.6 is 11.3 Å². The Balaban J connectivity index is 2.20. The van der Waals surface area contributed by atoms with Gasteiger partial charge >= 0.3 is 5.97 Å². The molecule has 0 aliphatic carbocycles. The maximum Gasteiger partial charge on any atom is 0.326 e. The number of anilines is 1. The van der Waals surface area contributed by atoms with Gasteiger partial charge in [-0.15, -0.1) is 11.3 Å². The first-order valence-electron chi connectivity index (χ1n) is 6.05. The summed E-state index contributed by atoms with van der Waals surface area (Å²) in [5.41, 5.74) is 1.05. The molecule has 1 aliphatic rings. The molecule has 0 spiro atoms. The number of aryl methyl sites for hydroxylation is 1. The topological polar surface area (TPSA) is 53.4 Å². The SMILES string of the molecule is CCc1csc(N2CCC(C)CC2C(=O)O)n1. The van der Waals surface area contributed by atoms with Crippen molar-refractivity contribution >= 4 is 22.4 Å². The maximum absolute atomic E-state index is 11.3. The first-order chi connectivity index (χ1) is 8.11. The van der Waals surface area contributed by atoms with Gasteiger partial charge in [-0.25, -0.2) is 9.78 Å². The van der Waals surface area contributed by atoms with Crippen LogP contribution < -0.4 is 4.90 Å². The fraction of sp³-hybridized carbons (Fsp3) is 0.667. The Morgan fingerprint density at radius 1 is 1.71 bits per heavy atom. The van der Waals surface area contributed by atoms with Crippen molar-refractivity contribution < 1.29 is 9.90 Å². The maximum atomic E-state index is 11.3. The lowest BCUT2D eigenvalue weighted by Crippen LogP contribution is -2.47. The highest BCUT2D eigenvalue weighted by atomic mass is 32.1. The minimum Gasteiger partial charge on any atom is -0.480 e.